The molecule has 1 saturated carbocycles. The molecule has 108 valence electrons. The van der Waals surface area contributed by atoms with Crippen molar-refractivity contribution in [2.24, 2.45) is 13.0 Å². The van der Waals surface area contributed by atoms with Gasteiger partial charge in [-0.1, -0.05) is 26.2 Å². The van der Waals surface area contributed by atoms with Crippen LogP contribution in [-0.4, -0.2) is 21.7 Å². The van der Waals surface area contributed by atoms with Crippen LogP contribution >= 0.6 is 0 Å². The number of aryl methyl sites for hydroxylation is 2. The van der Waals surface area contributed by atoms with Crippen LogP contribution in [0.15, 0.2) is 6.07 Å². The van der Waals surface area contributed by atoms with Crippen molar-refractivity contribution < 1.29 is 4.79 Å². The van der Waals surface area contributed by atoms with E-state index in [1.54, 1.807) is 17.8 Å². The topological polar surface area (TPSA) is 70.7 Å². The Hall–Kier alpha value is -1.83. The first-order valence-corrected chi connectivity index (χ1v) is 7.39. The average Bonchev–Trinajstić information content (AvgIpc) is 2.86. The maximum absolute atomic E-state index is 12.3. The van der Waals surface area contributed by atoms with Crippen molar-refractivity contribution in [1.82, 2.24) is 15.1 Å². The normalized spacial score (nSPS) is 17.4. The number of carbonyl (C=O) groups excluding carboxylic acids is 1. The predicted molar refractivity (Wildman–Crippen MR) is 76.0 cm³/mol. The van der Waals surface area contributed by atoms with Crippen LogP contribution in [0.4, 0.5) is 0 Å². The van der Waals surface area contributed by atoms with Crippen molar-refractivity contribution in [3.63, 3.8) is 0 Å². The van der Waals surface area contributed by atoms with Crippen molar-refractivity contribution in [3.05, 3.63) is 17.5 Å². The fraction of sp³-hybridized carbons (Fsp3) is 0.667. The molecule has 0 aromatic carbocycles. The Balaban J connectivity index is 2.05. The van der Waals surface area contributed by atoms with Crippen LogP contribution in [0.3, 0.4) is 0 Å². The van der Waals surface area contributed by atoms with Crippen molar-refractivity contribution in [3.8, 4) is 6.07 Å². The molecule has 20 heavy (non-hydrogen) atoms. The molecule has 0 saturated heterocycles. The fourth-order valence-electron chi connectivity index (χ4n) is 2.85. The number of rotatable bonds is 4. The van der Waals surface area contributed by atoms with Crippen molar-refractivity contribution in [2.75, 3.05) is 0 Å². The SMILES string of the molecule is CCc1cc(C(=O)NC(C#N)C2CCCCC2)n(C)n1. The van der Waals surface area contributed by atoms with E-state index < -0.39 is 0 Å². The lowest BCUT2D eigenvalue weighted by Crippen LogP contribution is -2.40. The van der Waals surface area contributed by atoms with Gasteiger partial charge < -0.3 is 5.32 Å². The molecule has 1 heterocycles. The second-order valence-electron chi connectivity index (χ2n) is 5.48. The molecule has 1 aliphatic carbocycles. The lowest BCUT2D eigenvalue weighted by molar-refractivity contribution is 0.0919. The molecule has 0 bridgehead atoms. The summed E-state index contributed by atoms with van der Waals surface area (Å²) in [5, 5.41) is 16.4. The van der Waals surface area contributed by atoms with Gasteiger partial charge in [0.05, 0.1) is 11.8 Å². The molecule has 1 N–H and O–H groups in total. The maximum atomic E-state index is 12.3. The highest BCUT2D eigenvalue weighted by atomic mass is 16.2. The Labute approximate surface area is 120 Å². The summed E-state index contributed by atoms with van der Waals surface area (Å²) >= 11 is 0. The number of nitrogens with one attached hydrogen (secondary N) is 1. The van der Waals surface area contributed by atoms with Gasteiger partial charge in [-0.25, -0.2) is 0 Å². The van der Waals surface area contributed by atoms with Gasteiger partial charge in [0.25, 0.3) is 5.91 Å². The first-order chi connectivity index (χ1) is 9.65. The summed E-state index contributed by atoms with van der Waals surface area (Å²) in [5.41, 5.74) is 1.42. The third-order valence-corrected chi connectivity index (χ3v) is 4.07. The van der Waals surface area contributed by atoms with E-state index in [1.165, 1.54) is 6.42 Å². The van der Waals surface area contributed by atoms with Gasteiger partial charge in [-0.2, -0.15) is 10.4 Å². The Kier molecular flexibility index (Phi) is 4.78. The highest BCUT2D eigenvalue weighted by Crippen LogP contribution is 2.26. The van der Waals surface area contributed by atoms with Gasteiger partial charge in [0.1, 0.15) is 11.7 Å². The summed E-state index contributed by atoms with van der Waals surface area (Å²) in [5.74, 6) is 0.0911. The van der Waals surface area contributed by atoms with E-state index in [1.807, 2.05) is 6.92 Å². The van der Waals surface area contributed by atoms with Crippen LogP contribution in [-0.2, 0) is 13.5 Å². The molecule has 0 spiro atoms. The van der Waals surface area contributed by atoms with E-state index in [4.69, 9.17) is 0 Å². The predicted octanol–water partition coefficient (Wildman–Crippen LogP) is 2.18. The zero-order valence-corrected chi connectivity index (χ0v) is 12.2. The van der Waals surface area contributed by atoms with Crippen molar-refractivity contribution >= 4 is 5.91 Å². The minimum absolute atomic E-state index is 0.197. The van der Waals surface area contributed by atoms with Gasteiger partial charge in [-0.3, -0.25) is 9.48 Å². The molecular weight excluding hydrogens is 252 g/mol. The molecule has 1 amide bonds. The molecule has 1 atom stereocenters. The monoisotopic (exact) mass is 274 g/mol. The van der Waals surface area contributed by atoms with Gasteiger partial charge in [0.2, 0.25) is 0 Å². The number of hydrogen-bond donors (Lipinski definition) is 1. The number of carbonyl (C=O) groups is 1. The standard InChI is InChI=1S/C15H22N4O/c1-3-12-9-14(19(2)18-12)15(20)17-13(10-16)11-7-5-4-6-8-11/h9,11,13H,3-8H2,1-2H3,(H,17,20). The van der Waals surface area contributed by atoms with Crippen LogP contribution in [0.25, 0.3) is 0 Å². The molecule has 1 fully saturated rings. The van der Waals surface area contributed by atoms with E-state index >= 15 is 0 Å². The molecule has 0 radical (unpaired) electrons. The summed E-state index contributed by atoms with van der Waals surface area (Å²) in [6, 6.07) is 3.66. The van der Waals surface area contributed by atoms with E-state index in [2.05, 4.69) is 16.5 Å². The molecular formula is C15H22N4O. The van der Waals surface area contributed by atoms with E-state index in [0.717, 1.165) is 37.8 Å². The van der Waals surface area contributed by atoms with E-state index in [-0.39, 0.29) is 17.9 Å². The number of nitriles is 1. The first-order valence-electron chi connectivity index (χ1n) is 7.39. The van der Waals surface area contributed by atoms with Gasteiger partial charge in [0.15, 0.2) is 0 Å². The fourth-order valence-corrected chi connectivity index (χ4v) is 2.85. The zero-order valence-electron chi connectivity index (χ0n) is 12.2. The van der Waals surface area contributed by atoms with E-state index in [0.29, 0.717) is 5.69 Å². The smallest absolute Gasteiger partial charge is 0.270 e. The molecule has 1 aromatic rings. The Morgan fingerprint density at radius 2 is 2.25 bits per heavy atom. The van der Waals surface area contributed by atoms with Crippen molar-refractivity contribution in [2.45, 2.75) is 51.5 Å². The zero-order chi connectivity index (χ0) is 14.5. The van der Waals surface area contributed by atoms with E-state index in [9.17, 15) is 10.1 Å². The van der Waals surface area contributed by atoms with Crippen molar-refractivity contribution in [1.29, 1.82) is 5.26 Å². The molecule has 0 aliphatic heterocycles. The van der Waals surface area contributed by atoms with Crippen LogP contribution in [0, 0.1) is 17.2 Å². The summed E-state index contributed by atoms with van der Waals surface area (Å²) in [6.45, 7) is 2.00. The number of amides is 1. The maximum Gasteiger partial charge on any atom is 0.270 e. The molecule has 2 rings (SSSR count). The van der Waals surface area contributed by atoms with Crippen LogP contribution in [0.2, 0.25) is 0 Å². The molecule has 1 aromatic heterocycles. The summed E-state index contributed by atoms with van der Waals surface area (Å²) in [6.07, 6.45) is 6.42. The van der Waals surface area contributed by atoms with Gasteiger partial charge in [-0.05, 0) is 31.2 Å². The van der Waals surface area contributed by atoms with Gasteiger partial charge >= 0.3 is 0 Å². The summed E-state index contributed by atoms with van der Waals surface area (Å²) in [4.78, 5) is 12.3. The lowest BCUT2D eigenvalue weighted by atomic mass is 9.84. The first kappa shape index (κ1) is 14.6. The quantitative estimate of drug-likeness (QED) is 0.914. The average molecular weight is 274 g/mol. The Bertz CT molecular complexity index is 508. The second-order valence-corrected chi connectivity index (χ2v) is 5.48. The summed E-state index contributed by atoms with van der Waals surface area (Å²) in [7, 11) is 1.76. The molecule has 1 aliphatic rings. The second kappa shape index (κ2) is 6.56. The number of aromatic nitrogens is 2. The van der Waals surface area contributed by atoms with Gasteiger partial charge in [0, 0.05) is 7.05 Å². The Morgan fingerprint density at radius 3 is 2.80 bits per heavy atom. The number of hydrogen-bond acceptors (Lipinski definition) is 3. The Morgan fingerprint density at radius 1 is 1.55 bits per heavy atom. The van der Waals surface area contributed by atoms with Crippen LogP contribution in [0.5, 0.6) is 0 Å². The molecule has 1 unspecified atom stereocenters. The molecule has 5 nitrogen and oxygen atoms in total. The lowest BCUT2D eigenvalue weighted by Gasteiger charge is -2.26. The third kappa shape index (κ3) is 3.19. The van der Waals surface area contributed by atoms with Crippen LogP contribution < -0.4 is 5.32 Å². The largest absolute Gasteiger partial charge is 0.335 e. The van der Waals surface area contributed by atoms with Crippen LogP contribution in [0.1, 0.15) is 55.2 Å². The highest BCUT2D eigenvalue weighted by molar-refractivity contribution is 5.93. The minimum Gasteiger partial charge on any atom is -0.335 e. The van der Waals surface area contributed by atoms with Gasteiger partial charge in [-0.15, -0.1) is 0 Å². The minimum atomic E-state index is -0.386. The third-order valence-electron chi connectivity index (χ3n) is 4.07. The number of nitrogens with zero attached hydrogens (tertiary/aromatic N) is 3. The summed E-state index contributed by atoms with van der Waals surface area (Å²) < 4.78 is 1.59. The highest BCUT2D eigenvalue weighted by Gasteiger charge is 2.26. The molecule has 5 heteroatoms.